The molecular weight excluding hydrogens is 219 g/mol. The molecule has 2 N–H and O–H groups in total. The van der Waals surface area contributed by atoms with Gasteiger partial charge in [0.15, 0.2) is 0 Å². The number of carbonyl (C=O) groups excluding carboxylic acids is 1. The maximum atomic E-state index is 12.9. The Morgan fingerprint density at radius 1 is 1.53 bits per heavy atom. The Bertz CT molecular complexity index is 433. The number of hydrogen-bond donors (Lipinski definition) is 1. The first-order valence-corrected chi connectivity index (χ1v) is 5.84. The lowest BCUT2D eigenvalue weighted by molar-refractivity contribution is -0.127. The van der Waals surface area contributed by atoms with Crippen LogP contribution >= 0.6 is 0 Å². The van der Waals surface area contributed by atoms with Crippen molar-refractivity contribution in [2.75, 3.05) is 13.1 Å². The molecule has 1 aliphatic heterocycles. The lowest BCUT2D eigenvalue weighted by Crippen LogP contribution is -2.30. The van der Waals surface area contributed by atoms with Gasteiger partial charge in [0.2, 0.25) is 5.91 Å². The van der Waals surface area contributed by atoms with Crippen molar-refractivity contribution in [1.29, 1.82) is 0 Å². The Labute approximate surface area is 100 Å². The van der Waals surface area contributed by atoms with Crippen LogP contribution in [0.15, 0.2) is 18.2 Å². The molecule has 1 heterocycles. The summed E-state index contributed by atoms with van der Waals surface area (Å²) in [5.74, 6) is -0.0946. The van der Waals surface area contributed by atoms with Gasteiger partial charge in [-0.25, -0.2) is 4.39 Å². The summed E-state index contributed by atoms with van der Waals surface area (Å²) in [6, 6.07) is 4.73. The van der Waals surface area contributed by atoms with Gasteiger partial charge in [-0.15, -0.1) is 0 Å². The first-order chi connectivity index (χ1) is 8.06. The standard InChI is InChI=1S/C13H17FN2O/c1-9-6-11(14)3-2-10(9)4-5-16-8-12(15)7-13(16)17/h2-3,6,12H,4-5,7-8,15H2,1H3. The third kappa shape index (κ3) is 2.82. The molecule has 1 saturated heterocycles. The van der Waals surface area contributed by atoms with Gasteiger partial charge in [0, 0.05) is 25.6 Å². The summed E-state index contributed by atoms with van der Waals surface area (Å²) in [4.78, 5) is 13.3. The molecule has 0 saturated carbocycles. The number of aryl methyl sites for hydroxylation is 1. The third-order valence-corrected chi connectivity index (χ3v) is 3.20. The minimum atomic E-state index is -0.217. The molecule has 4 heteroatoms. The molecular formula is C13H17FN2O. The van der Waals surface area contributed by atoms with Crippen molar-refractivity contribution in [2.45, 2.75) is 25.8 Å². The van der Waals surface area contributed by atoms with Crippen LogP contribution in [0.1, 0.15) is 17.5 Å². The first-order valence-electron chi connectivity index (χ1n) is 5.84. The van der Waals surface area contributed by atoms with Crippen molar-refractivity contribution in [2.24, 2.45) is 5.73 Å². The van der Waals surface area contributed by atoms with Crippen LogP contribution in [0.4, 0.5) is 4.39 Å². The molecule has 0 bridgehead atoms. The quantitative estimate of drug-likeness (QED) is 0.858. The van der Waals surface area contributed by atoms with Crippen molar-refractivity contribution < 1.29 is 9.18 Å². The van der Waals surface area contributed by atoms with Gasteiger partial charge in [-0.2, -0.15) is 0 Å². The number of rotatable bonds is 3. The van der Waals surface area contributed by atoms with Gasteiger partial charge in [-0.3, -0.25) is 4.79 Å². The summed E-state index contributed by atoms with van der Waals surface area (Å²) in [5.41, 5.74) is 7.74. The molecule has 0 radical (unpaired) electrons. The highest BCUT2D eigenvalue weighted by molar-refractivity contribution is 5.79. The van der Waals surface area contributed by atoms with Crippen molar-refractivity contribution in [3.63, 3.8) is 0 Å². The number of halogens is 1. The van der Waals surface area contributed by atoms with Gasteiger partial charge in [-0.1, -0.05) is 6.07 Å². The van der Waals surface area contributed by atoms with E-state index in [1.807, 2.05) is 6.92 Å². The van der Waals surface area contributed by atoms with Crippen LogP contribution in [0, 0.1) is 12.7 Å². The normalized spacial score (nSPS) is 20.1. The number of likely N-dealkylation sites (tertiary alicyclic amines) is 1. The zero-order valence-electron chi connectivity index (χ0n) is 9.95. The minimum Gasteiger partial charge on any atom is -0.341 e. The molecule has 1 fully saturated rings. The predicted molar refractivity (Wildman–Crippen MR) is 64.0 cm³/mol. The smallest absolute Gasteiger partial charge is 0.224 e. The molecule has 17 heavy (non-hydrogen) atoms. The van der Waals surface area contributed by atoms with Gasteiger partial charge in [-0.05, 0) is 36.6 Å². The minimum absolute atomic E-state index is 0.0307. The van der Waals surface area contributed by atoms with E-state index < -0.39 is 0 Å². The van der Waals surface area contributed by atoms with E-state index in [4.69, 9.17) is 5.73 Å². The fourth-order valence-corrected chi connectivity index (χ4v) is 2.21. The van der Waals surface area contributed by atoms with E-state index in [9.17, 15) is 9.18 Å². The van der Waals surface area contributed by atoms with Crippen LogP contribution in [0.5, 0.6) is 0 Å². The summed E-state index contributed by atoms with van der Waals surface area (Å²) in [6.45, 7) is 3.19. The maximum absolute atomic E-state index is 12.9. The molecule has 0 aliphatic carbocycles. The molecule has 1 aromatic rings. The lowest BCUT2D eigenvalue weighted by Gasteiger charge is -2.16. The fraction of sp³-hybridized carbons (Fsp3) is 0.462. The van der Waals surface area contributed by atoms with Crippen LogP contribution in [0.2, 0.25) is 0 Å². The van der Waals surface area contributed by atoms with E-state index in [2.05, 4.69) is 0 Å². The summed E-state index contributed by atoms with van der Waals surface area (Å²) in [6.07, 6.45) is 1.20. The monoisotopic (exact) mass is 236 g/mol. The molecule has 3 nitrogen and oxygen atoms in total. The zero-order valence-corrected chi connectivity index (χ0v) is 9.95. The van der Waals surface area contributed by atoms with E-state index in [-0.39, 0.29) is 17.8 Å². The third-order valence-electron chi connectivity index (χ3n) is 3.20. The molecule has 92 valence electrons. The second-order valence-electron chi connectivity index (χ2n) is 4.62. The summed E-state index contributed by atoms with van der Waals surface area (Å²) in [7, 11) is 0. The Hall–Kier alpha value is -1.42. The predicted octanol–water partition coefficient (Wildman–Crippen LogP) is 1.24. The molecule has 0 aromatic heterocycles. The van der Waals surface area contributed by atoms with Gasteiger partial charge < -0.3 is 10.6 Å². The van der Waals surface area contributed by atoms with E-state index in [1.54, 1.807) is 11.0 Å². The number of carbonyl (C=O) groups is 1. The Morgan fingerprint density at radius 3 is 2.88 bits per heavy atom. The highest BCUT2D eigenvalue weighted by atomic mass is 19.1. The molecule has 0 spiro atoms. The number of nitrogens with zero attached hydrogens (tertiary/aromatic N) is 1. The number of amides is 1. The highest BCUT2D eigenvalue weighted by Gasteiger charge is 2.26. The first kappa shape index (κ1) is 12.0. The van der Waals surface area contributed by atoms with Crippen LogP contribution < -0.4 is 5.73 Å². The molecule has 1 atom stereocenters. The second kappa shape index (κ2) is 4.84. The largest absolute Gasteiger partial charge is 0.341 e. The molecule has 1 aliphatic rings. The highest BCUT2D eigenvalue weighted by Crippen LogP contribution is 2.14. The number of benzene rings is 1. The van der Waals surface area contributed by atoms with Crippen molar-refractivity contribution in [1.82, 2.24) is 4.90 Å². The van der Waals surface area contributed by atoms with E-state index in [1.165, 1.54) is 12.1 Å². The van der Waals surface area contributed by atoms with E-state index in [0.717, 1.165) is 17.5 Å². The average Bonchev–Trinajstić information content (AvgIpc) is 2.56. The Morgan fingerprint density at radius 2 is 2.29 bits per heavy atom. The van der Waals surface area contributed by atoms with Gasteiger partial charge in [0.05, 0.1) is 0 Å². The van der Waals surface area contributed by atoms with Gasteiger partial charge in [0.25, 0.3) is 0 Å². The van der Waals surface area contributed by atoms with Crippen LogP contribution in [-0.4, -0.2) is 29.9 Å². The van der Waals surface area contributed by atoms with E-state index >= 15 is 0 Å². The zero-order chi connectivity index (χ0) is 12.4. The van der Waals surface area contributed by atoms with Gasteiger partial charge in [0.1, 0.15) is 5.82 Å². The summed E-state index contributed by atoms with van der Waals surface area (Å²) in [5, 5.41) is 0. The van der Waals surface area contributed by atoms with Crippen molar-refractivity contribution in [3.05, 3.63) is 35.1 Å². The molecule has 1 amide bonds. The van der Waals surface area contributed by atoms with Gasteiger partial charge >= 0.3 is 0 Å². The van der Waals surface area contributed by atoms with Crippen molar-refractivity contribution >= 4 is 5.91 Å². The maximum Gasteiger partial charge on any atom is 0.224 e. The van der Waals surface area contributed by atoms with Crippen LogP contribution in [0.25, 0.3) is 0 Å². The molecule has 2 rings (SSSR count). The Balaban J connectivity index is 1.96. The Kier molecular flexibility index (Phi) is 3.43. The molecule has 1 aromatic carbocycles. The topological polar surface area (TPSA) is 46.3 Å². The van der Waals surface area contributed by atoms with Crippen LogP contribution in [-0.2, 0) is 11.2 Å². The number of hydrogen-bond acceptors (Lipinski definition) is 2. The molecule has 1 unspecified atom stereocenters. The summed E-state index contributed by atoms with van der Waals surface area (Å²) < 4.78 is 12.9. The SMILES string of the molecule is Cc1cc(F)ccc1CCN1CC(N)CC1=O. The van der Waals surface area contributed by atoms with Crippen LogP contribution in [0.3, 0.4) is 0 Å². The average molecular weight is 236 g/mol. The summed E-state index contributed by atoms with van der Waals surface area (Å²) >= 11 is 0. The second-order valence-corrected chi connectivity index (χ2v) is 4.62. The fourth-order valence-electron chi connectivity index (χ4n) is 2.21. The number of nitrogens with two attached hydrogens (primary N) is 1. The van der Waals surface area contributed by atoms with E-state index in [0.29, 0.717) is 19.5 Å². The lowest BCUT2D eigenvalue weighted by atomic mass is 10.1. The van der Waals surface area contributed by atoms with Crippen molar-refractivity contribution in [3.8, 4) is 0 Å².